The molecule has 2 aliphatic heterocycles. The van der Waals surface area contributed by atoms with E-state index >= 15 is 0 Å². The van der Waals surface area contributed by atoms with Gasteiger partial charge in [0.15, 0.2) is 0 Å². The molecular weight excluding hydrogens is 164 g/mol. The molecule has 2 heterocycles. The highest BCUT2D eigenvalue weighted by molar-refractivity contribution is 5.84. The lowest BCUT2D eigenvalue weighted by molar-refractivity contribution is -0.148. The van der Waals surface area contributed by atoms with Crippen LogP contribution in [0, 0.1) is 11.8 Å². The average molecular weight is 180 g/mol. The second kappa shape index (κ2) is 2.68. The van der Waals surface area contributed by atoms with E-state index in [1.54, 1.807) is 0 Å². The normalized spacial score (nSPS) is 43.2. The van der Waals surface area contributed by atoms with Crippen molar-refractivity contribution >= 4 is 5.78 Å². The largest absolute Gasteiger partial charge is 0.363 e. The number of Topliss-reactive ketones (excluding diaryl/α,β-unsaturated/α-hetero) is 1. The van der Waals surface area contributed by atoms with Crippen molar-refractivity contribution < 1.29 is 9.53 Å². The first-order valence-electron chi connectivity index (χ1n) is 4.92. The summed E-state index contributed by atoms with van der Waals surface area (Å²) in [7, 11) is 0. The van der Waals surface area contributed by atoms with Gasteiger partial charge < -0.3 is 4.74 Å². The van der Waals surface area contributed by atoms with E-state index in [4.69, 9.17) is 4.74 Å². The molecule has 2 heteroatoms. The van der Waals surface area contributed by atoms with Crippen LogP contribution in [-0.4, -0.2) is 17.5 Å². The minimum absolute atomic E-state index is 0.0336. The highest BCUT2D eigenvalue weighted by Gasteiger charge is 2.46. The van der Waals surface area contributed by atoms with Gasteiger partial charge in [0.05, 0.1) is 11.7 Å². The van der Waals surface area contributed by atoms with Gasteiger partial charge in [-0.15, -0.1) is 0 Å². The van der Waals surface area contributed by atoms with Crippen LogP contribution >= 0.6 is 0 Å². The Morgan fingerprint density at radius 1 is 1.62 bits per heavy atom. The molecule has 0 radical (unpaired) electrons. The van der Waals surface area contributed by atoms with Gasteiger partial charge in [0.2, 0.25) is 0 Å². The predicted molar refractivity (Wildman–Crippen MR) is 50.4 cm³/mol. The average Bonchev–Trinajstić information content (AvgIpc) is 2.26. The monoisotopic (exact) mass is 180 g/mol. The first kappa shape index (κ1) is 8.95. The number of carbonyl (C=O) groups is 1. The number of ketones is 1. The van der Waals surface area contributed by atoms with Crippen LogP contribution in [0.5, 0.6) is 0 Å². The summed E-state index contributed by atoms with van der Waals surface area (Å²) in [5.74, 6) is 0.815. The second-order valence-corrected chi connectivity index (χ2v) is 4.67. The molecule has 1 saturated heterocycles. The SMILES string of the molecule is CC(C)[C@@H]1C(=O)CC2(C)C=CC1O2. The number of hydrogen-bond acceptors (Lipinski definition) is 2. The summed E-state index contributed by atoms with van der Waals surface area (Å²) in [5, 5.41) is 0. The molecule has 0 amide bonds. The van der Waals surface area contributed by atoms with E-state index in [9.17, 15) is 4.79 Å². The zero-order chi connectivity index (χ0) is 9.64. The maximum atomic E-state index is 11.8. The number of fused-ring (bicyclic) bond motifs is 2. The summed E-state index contributed by atoms with van der Waals surface area (Å²) in [6, 6.07) is 0. The summed E-state index contributed by atoms with van der Waals surface area (Å²) in [4.78, 5) is 11.8. The molecule has 72 valence electrons. The summed E-state index contributed by atoms with van der Waals surface area (Å²) in [6.45, 7) is 6.15. The van der Waals surface area contributed by atoms with Crippen LogP contribution in [0.1, 0.15) is 27.2 Å². The molecule has 0 aromatic rings. The minimum Gasteiger partial charge on any atom is -0.363 e. The Balaban J connectivity index is 2.25. The maximum absolute atomic E-state index is 11.8. The lowest BCUT2D eigenvalue weighted by atomic mass is 9.82. The van der Waals surface area contributed by atoms with Crippen molar-refractivity contribution in [2.45, 2.75) is 38.9 Å². The Labute approximate surface area is 79.0 Å². The fourth-order valence-corrected chi connectivity index (χ4v) is 2.38. The van der Waals surface area contributed by atoms with Gasteiger partial charge in [-0.2, -0.15) is 0 Å². The summed E-state index contributed by atoms with van der Waals surface area (Å²) < 4.78 is 5.80. The number of ether oxygens (including phenoxy) is 1. The molecule has 0 N–H and O–H groups in total. The molecule has 0 aromatic heterocycles. The molecule has 1 fully saturated rings. The third-order valence-electron chi connectivity index (χ3n) is 3.01. The Morgan fingerprint density at radius 2 is 2.31 bits per heavy atom. The fraction of sp³-hybridized carbons (Fsp3) is 0.727. The molecule has 2 rings (SSSR count). The number of rotatable bonds is 1. The molecule has 0 aliphatic carbocycles. The molecular formula is C11H16O2. The Morgan fingerprint density at radius 3 is 2.92 bits per heavy atom. The van der Waals surface area contributed by atoms with Crippen LogP contribution in [0.15, 0.2) is 12.2 Å². The van der Waals surface area contributed by atoms with Crippen LogP contribution in [-0.2, 0) is 9.53 Å². The lowest BCUT2D eigenvalue weighted by Gasteiger charge is -2.36. The predicted octanol–water partition coefficient (Wildman–Crippen LogP) is 1.95. The zero-order valence-corrected chi connectivity index (χ0v) is 8.41. The van der Waals surface area contributed by atoms with E-state index in [1.165, 1.54) is 0 Å². The summed E-state index contributed by atoms with van der Waals surface area (Å²) in [5.41, 5.74) is -0.298. The van der Waals surface area contributed by atoms with E-state index in [0.29, 0.717) is 18.1 Å². The molecule has 13 heavy (non-hydrogen) atoms. The third kappa shape index (κ3) is 1.33. The van der Waals surface area contributed by atoms with E-state index in [1.807, 2.05) is 13.0 Å². The van der Waals surface area contributed by atoms with Crippen molar-refractivity contribution in [3.05, 3.63) is 12.2 Å². The van der Waals surface area contributed by atoms with Gasteiger partial charge in [0.1, 0.15) is 5.78 Å². The highest BCUT2D eigenvalue weighted by Crippen LogP contribution is 2.39. The second-order valence-electron chi connectivity index (χ2n) is 4.67. The van der Waals surface area contributed by atoms with Crippen LogP contribution in [0.4, 0.5) is 0 Å². The molecule has 2 bridgehead atoms. The molecule has 2 nitrogen and oxygen atoms in total. The zero-order valence-electron chi connectivity index (χ0n) is 8.41. The Kier molecular flexibility index (Phi) is 1.84. The minimum atomic E-state index is -0.298. The number of hydrogen-bond donors (Lipinski definition) is 0. The van der Waals surface area contributed by atoms with Gasteiger partial charge >= 0.3 is 0 Å². The molecule has 2 aliphatic rings. The Hall–Kier alpha value is -0.630. The van der Waals surface area contributed by atoms with Gasteiger partial charge in [0.25, 0.3) is 0 Å². The van der Waals surface area contributed by atoms with Gasteiger partial charge in [-0.25, -0.2) is 0 Å². The topological polar surface area (TPSA) is 26.3 Å². The molecule has 0 spiro atoms. The van der Waals surface area contributed by atoms with E-state index in [2.05, 4.69) is 19.9 Å². The van der Waals surface area contributed by atoms with Crippen molar-refractivity contribution in [1.29, 1.82) is 0 Å². The maximum Gasteiger partial charge on any atom is 0.142 e. The van der Waals surface area contributed by atoms with Gasteiger partial charge in [0, 0.05) is 12.3 Å². The van der Waals surface area contributed by atoms with Crippen molar-refractivity contribution in [2.75, 3.05) is 0 Å². The Bertz CT molecular complexity index is 267. The van der Waals surface area contributed by atoms with Crippen molar-refractivity contribution in [1.82, 2.24) is 0 Å². The van der Waals surface area contributed by atoms with Crippen LogP contribution in [0.25, 0.3) is 0 Å². The lowest BCUT2D eigenvalue weighted by Crippen LogP contribution is -2.44. The molecule has 0 aromatic carbocycles. The van der Waals surface area contributed by atoms with Crippen LogP contribution in [0.3, 0.4) is 0 Å². The first-order chi connectivity index (χ1) is 6.02. The molecule has 3 atom stereocenters. The third-order valence-corrected chi connectivity index (χ3v) is 3.01. The van der Waals surface area contributed by atoms with Crippen molar-refractivity contribution in [3.63, 3.8) is 0 Å². The van der Waals surface area contributed by atoms with Gasteiger partial charge in [-0.3, -0.25) is 4.79 Å². The van der Waals surface area contributed by atoms with Crippen molar-refractivity contribution in [2.24, 2.45) is 11.8 Å². The van der Waals surface area contributed by atoms with E-state index in [0.717, 1.165) is 0 Å². The van der Waals surface area contributed by atoms with Crippen LogP contribution in [0.2, 0.25) is 0 Å². The van der Waals surface area contributed by atoms with E-state index < -0.39 is 0 Å². The smallest absolute Gasteiger partial charge is 0.142 e. The quantitative estimate of drug-likeness (QED) is 0.576. The van der Waals surface area contributed by atoms with Crippen molar-refractivity contribution in [3.8, 4) is 0 Å². The highest BCUT2D eigenvalue weighted by atomic mass is 16.5. The fourth-order valence-electron chi connectivity index (χ4n) is 2.38. The standard InChI is InChI=1S/C11H16O2/c1-7(2)10-8(12)6-11(3)5-4-9(10)13-11/h4-5,7,9-10H,6H2,1-3H3/t9?,10-,11?/m1/s1. The van der Waals surface area contributed by atoms with Crippen LogP contribution < -0.4 is 0 Å². The first-order valence-corrected chi connectivity index (χ1v) is 4.92. The summed E-state index contributed by atoms with van der Waals surface area (Å²) >= 11 is 0. The van der Waals surface area contributed by atoms with E-state index in [-0.39, 0.29) is 17.6 Å². The number of carbonyl (C=O) groups excluding carboxylic acids is 1. The summed E-state index contributed by atoms with van der Waals surface area (Å²) in [6.07, 6.45) is 4.67. The van der Waals surface area contributed by atoms with Gasteiger partial charge in [-0.05, 0) is 12.8 Å². The molecule has 0 saturated carbocycles. The molecule has 2 unspecified atom stereocenters. The van der Waals surface area contributed by atoms with Gasteiger partial charge in [-0.1, -0.05) is 26.0 Å².